The first-order valence-corrected chi connectivity index (χ1v) is 8.25. The molecule has 1 atom stereocenters. The van der Waals surface area contributed by atoms with Gasteiger partial charge in [-0.25, -0.2) is 9.97 Å². The number of hydrogen-bond donors (Lipinski definition) is 1. The van der Waals surface area contributed by atoms with Gasteiger partial charge in [-0.1, -0.05) is 36.4 Å². The lowest BCUT2D eigenvalue weighted by Crippen LogP contribution is -2.25. The Morgan fingerprint density at radius 2 is 1.75 bits per heavy atom. The molecular formula is C20H20N4. The van der Waals surface area contributed by atoms with Crippen molar-refractivity contribution in [2.45, 2.75) is 26.3 Å². The van der Waals surface area contributed by atoms with Gasteiger partial charge >= 0.3 is 0 Å². The molecule has 0 saturated heterocycles. The van der Waals surface area contributed by atoms with E-state index in [4.69, 9.17) is 0 Å². The third-order valence-electron chi connectivity index (χ3n) is 4.32. The zero-order chi connectivity index (χ0) is 16.5. The Morgan fingerprint density at radius 1 is 1.00 bits per heavy atom. The van der Waals surface area contributed by atoms with Gasteiger partial charge in [-0.3, -0.25) is 0 Å². The molecule has 4 nitrogen and oxygen atoms in total. The van der Waals surface area contributed by atoms with Gasteiger partial charge < -0.3 is 10.2 Å². The van der Waals surface area contributed by atoms with Crippen LogP contribution in [0.15, 0.2) is 60.7 Å². The molecule has 2 aromatic carbocycles. The van der Waals surface area contributed by atoms with Crippen molar-refractivity contribution in [3.63, 3.8) is 0 Å². The fraction of sp³-hybridized carbons (Fsp3) is 0.200. The lowest BCUT2D eigenvalue weighted by molar-refractivity contribution is 0.747. The first kappa shape index (κ1) is 14.7. The van der Waals surface area contributed by atoms with Crippen LogP contribution in [0.5, 0.6) is 0 Å². The van der Waals surface area contributed by atoms with E-state index in [0.717, 1.165) is 29.6 Å². The van der Waals surface area contributed by atoms with Crippen LogP contribution in [0, 0.1) is 6.92 Å². The highest BCUT2D eigenvalue weighted by Crippen LogP contribution is 2.37. The fourth-order valence-corrected chi connectivity index (χ4v) is 3.32. The molecule has 1 aromatic heterocycles. The monoisotopic (exact) mass is 316 g/mol. The van der Waals surface area contributed by atoms with Crippen molar-refractivity contribution in [1.29, 1.82) is 0 Å². The summed E-state index contributed by atoms with van der Waals surface area (Å²) in [4.78, 5) is 11.5. The first-order valence-electron chi connectivity index (χ1n) is 8.25. The number of anilines is 4. The summed E-state index contributed by atoms with van der Waals surface area (Å²) in [6.07, 6.45) is 1.04. The Kier molecular flexibility index (Phi) is 3.65. The average molecular weight is 316 g/mol. The van der Waals surface area contributed by atoms with Crippen LogP contribution in [0.2, 0.25) is 0 Å². The highest BCUT2D eigenvalue weighted by atomic mass is 15.2. The van der Waals surface area contributed by atoms with Gasteiger partial charge in [0.2, 0.25) is 0 Å². The predicted molar refractivity (Wildman–Crippen MR) is 98.2 cm³/mol. The molecule has 3 aromatic rings. The van der Waals surface area contributed by atoms with Crippen molar-refractivity contribution < 1.29 is 0 Å². The predicted octanol–water partition coefficient (Wildman–Crippen LogP) is 4.61. The van der Waals surface area contributed by atoms with E-state index in [0.29, 0.717) is 6.04 Å². The summed E-state index contributed by atoms with van der Waals surface area (Å²) in [7, 11) is 0. The molecule has 4 heteroatoms. The fourth-order valence-electron chi connectivity index (χ4n) is 3.32. The van der Waals surface area contributed by atoms with Crippen LogP contribution >= 0.6 is 0 Å². The number of hydrogen-bond acceptors (Lipinski definition) is 4. The van der Waals surface area contributed by atoms with E-state index in [1.165, 1.54) is 11.3 Å². The molecular weight excluding hydrogens is 296 g/mol. The maximum Gasteiger partial charge on any atom is 0.139 e. The van der Waals surface area contributed by atoms with E-state index >= 15 is 0 Å². The second-order valence-electron chi connectivity index (χ2n) is 6.20. The van der Waals surface area contributed by atoms with E-state index in [1.807, 2.05) is 43.3 Å². The Hall–Kier alpha value is -2.88. The molecule has 0 bridgehead atoms. The maximum atomic E-state index is 4.68. The number of aromatic nitrogens is 2. The number of rotatable bonds is 3. The number of para-hydroxylation sites is 2. The molecule has 0 radical (unpaired) electrons. The van der Waals surface area contributed by atoms with Gasteiger partial charge in [-0.05, 0) is 44.0 Å². The van der Waals surface area contributed by atoms with Crippen LogP contribution in [0.1, 0.15) is 18.3 Å². The molecule has 1 N–H and O–H groups in total. The summed E-state index contributed by atoms with van der Waals surface area (Å²) in [6.45, 7) is 4.17. The average Bonchev–Trinajstić information content (AvgIpc) is 2.91. The topological polar surface area (TPSA) is 41.1 Å². The molecule has 0 fully saturated rings. The third kappa shape index (κ3) is 2.71. The number of nitrogens with one attached hydrogen (secondary N) is 1. The number of fused-ring (bicyclic) bond motifs is 1. The Bertz CT molecular complexity index is 861. The molecule has 1 unspecified atom stereocenters. The van der Waals surface area contributed by atoms with Crippen LogP contribution < -0.4 is 10.2 Å². The SMILES string of the molecule is Cc1nc(Nc2ccccc2)cc(N2c3ccccc3CC2C)n1. The lowest BCUT2D eigenvalue weighted by atomic mass is 10.1. The van der Waals surface area contributed by atoms with Gasteiger partial charge in [0.1, 0.15) is 17.5 Å². The van der Waals surface area contributed by atoms with Gasteiger partial charge in [-0.15, -0.1) is 0 Å². The van der Waals surface area contributed by atoms with Gasteiger partial charge in [0.15, 0.2) is 0 Å². The minimum Gasteiger partial charge on any atom is -0.340 e. The molecule has 0 aliphatic carbocycles. The van der Waals surface area contributed by atoms with Crippen molar-refractivity contribution in [2.75, 3.05) is 10.2 Å². The van der Waals surface area contributed by atoms with E-state index in [-0.39, 0.29) is 0 Å². The summed E-state index contributed by atoms with van der Waals surface area (Å²) >= 11 is 0. The second kappa shape index (κ2) is 5.96. The zero-order valence-corrected chi connectivity index (χ0v) is 13.9. The molecule has 0 saturated carbocycles. The third-order valence-corrected chi connectivity index (χ3v) is 4.32. The minimum atomic E-state index is 0.390. The Morgan fingerprint density at radius 3 is 2.58 bits per heavy atom. The van der Waals surface area contributed by atoms with Crippen LogP contribution in [-0.2, 0) is 6.42 Å². The lowest BCUT2D eigenvalue weighted by Gasteiger charge is -2.24. The Labute approximate surface area is 142 Å². The van der Waals surface area contributed by atoms with E-state index in [1.54, 1.807) is 0 Å². The standard InChI is InChI=1S/C20H20N4/c1-14-12-16-8-6-7-11-18(16)24(14)20-13-19(21-15(2)22-20)23-17-9-4-3-5-10-17/h3-11,13-14H,12H2,1-2H3,(H,21,22,23). The summed E-state index contributed by atoms with van der Waals surface area (Å²) < 4.78 is 0. The van der Waals surface area contributed by atoms with Gasteiger partial charge in [0.05, 0.1) is 0 Å². The molecule has 0 amide bonds. The van der Waals surface area contributed by atoms with Gasteiger partial charge in [-0.2, -0.15) is 0 Å². The van der Waals surface area contributed by atoms with Crippen molar-refractivity contribution >= 4 is 23.0 Å². The largest absolute Gasteiger partial charge is 0.340 e. The first-order chi connectivity index (χ1) is 11.7. The van der Waals surface area contributed by atoms with Gasteiger partial charge in [0, 0.05) is 23.5 Å². The molecule has 2 heterocycles. The van der Waals surface area contributed by atoms with E-state index in [2.05, 4.69) is 51.4 Å². The van der Waals surface area contributed by atoms with Crippen molar-refractivity contribution in [3.05, 3.63) is 72.1 Å². The Balaban J connectivity index is 1.71. The maximum absolute atomic E-state index is 4.68. The van der Waals surface area contributed by atoms with E-state index in [9.17, 15) is 0 Å². The molecule has 1 aliphatic heterocycles. The van der Waals surface area contributed by atoms with Gasteiger partial charge in [0.25, 0.3) is 0 Å². The van der Waals surface area contributed by atoms with Crippen LogP contribution in [0.25, 0.3) is 0 Å². The summed E-state index contributed by atoms with van der Waals surface area (Å²) in [5.74, 6) is 2.53. The summed E-state index contributed by atoms with van der Waals surface area (Å²) in [5.41, 5.74) is 3.64. The number of nitrogens with zero attached hydrogens (tertiary/aromatic N) is 3. The van der Waals surface area contributed by atoms with Crippen molar-refractivity contribution in [2.24, 2.45) is 0 Å². The van der Waals surface area contributed by atoms with Crippen molar-refractivity contribution in [1.82, 2.24) is 9.97 Å². The van der Waals surface area contributed by atoms with Crippen LogP contribution in [0.4, 0.5) is 23.0 Å². The highest BCUT2D eigenvalue weighted by molar-refractivity contribution is 5.71. The molecule has 24 heavy (non-hydrogen) atoms. The molecule has 120 valence electrons. The van der Waals surface area contributed by atoms with E-state index < -0.39 is 0 Å². The highest BCUT2D eigenvalue weighted by Gasteiger charge is 2.28. The smallest absolute Gasteiger partial charge is 0.139 e. The summed E-state index contributed by atoms with van der Waals surface area (Å²) in [5, 5.41) is 3.37. The molecule has 0 spiro atoms. The normalized spacial score (nSPS) is 16.1. The number of benzene rings is 2. The van der Waals surface area contributed by atoms with Crippen LogP contribution in [-0.4, -0.2) is 16.0 Å². The quantitative estimate of drug-likeness (QED) is 0.766. The van der Waals surface area contributed by atoms with Crippen LogP contribution in [0.3, 0.4) is 0 Å². The minimum absolute atomic E-state index is 0.390. The number of aryl methyl sites for hydroxylation is 1. The second-order valence-corrected chi connectivity index (χ2v) is 6.20. The zero-order valence-electron chi connectivity index (χ0n) is 13.9. The summed E-state index contributed by atoms with van der Waals surface area (Å²) in [6, 6.07) is 21.1. The van der Waals surface area contributed by atoms with Crippen molar-refractivity contribution in [3.8, 4) is 0 Å². The molecule has 1 aliphatic rings. The molecule has 4 rings (SSSR count).